The Hall–Kier alpha value is -5.19. The molecular weight excluding hydrogens is 508 g/mol. The van der Waals surface area contributed by atoms with Crippen molar-refractivity contribution in [3.05, 3.63) is 101 Å². The number of halogens is 2. The number of nitrogens with zero attached hydrogens (tertiary/aromatic N) is 3. The molecule has 3 aromatic heterocycles. The molecule has 196 valence electrons. The van der Waals surface area contributed by atoms with Gasteiger partial charge >= 0.3 is 0 Å². The van der Waals surface area contributed by atoms with E-state index in [9.17, 15) is 18.4 Å². The van der Waals surface area contributed by atoms with Crippen molar-refractivity contribution in [1.82, 2.24) is 14.5 Å². The molecule has 0 saturated heterocycles. The van der Waals surface area contributed by atoms with E-state index in [1.165, 1.54) is 47.0 Å². The third kappa shape index (κ3) is 4.43. The molecule has 6 rings (SSSR count). The number of rotatable bonds is 5. The summed E-state index contributed by atoms with van der Waals surface area (Å²) in [6, 6.07) is 14.1. The van der Waals surface area contributed by atoms with Gasteiger partial charge in [0.25, 0.3) is 11.5 Å². The predicted molar refractivity (Wildman–Crippen MR) is 141 cm³/mol. The van der Waals surface area contributed by atoms with Crippen molar-refractivity contribution in [3.8, 4) is 23.1 Å². The van der Waals surface area contributed by atoms with Gasteiger partial charge in [-0.3, -0.25) is 9.59 Å². The molecule has 2 N–H and O–H groups in total. The number of hydrogen-bond acceptors (Lipinski definition) is 6. The zero-order valence-electron chi connectivity index (χ0n) is 20.6. The first kappa shape index (κ1) is 24.2. The van der Waals surface area contributed by atoms with Gasteiger partial charge in [0.15, 0.2) is 11.6 Å². The van der Waals surface area contributed by atoms with Crippen molar-refractivity contribution in [3.63, 3.8) is 0 Å². The van der Waals surface area contributed by atoms with Crippen molar-refractivity contribution in [1.29, 1.82) is 0 Å². The third-order valence-corrected chi connectivity index (χ3v) is 6.37. The highest BCUT2D eigenvalue weighted by molar-refractivity contribution is 6.05. The van der Waals surface area contributed by atoms with Gasteiger partial charge in [-0.15, -0.1) is 0 Å². The van der Waals surface area contributed by atoms with Gasteiger partial charge in [0.05, 0.1) is 23.3 Å². The molecule has 1 aliphatic rings. The van der Waals surface area contributed by atoms with Gasteiger partial charge in [-0.2, -0.15) is 0 Å². The van der Waals surface area contributed by atoms with Crippen LogP contribution in [0.1, 0.15) is 10.4 Å². The summed E-state index contributed by atoms with van der Waals surface area (Å²) in [5, 5.41) is 3.27. The molecule has 2 aromatic carbocycles. The van der Waals surface area contributed by atoms with Gasteiger partial charge in [0, 0.05) is 31.2 Å². The molecule has 1 aliphatic heterocycles. The maximum atomic E-state index is 15.0. The number of anilines is 2. The van der Waals surface area contributed by atoms with Crippen molar-refractivity contribution >= 4 is 28.3 Å². The van der Waals surface area contributed by atoms with E-state index in [0.717, 1.165) is 6.07 Å². The maximum absolute atomic E-state index is 15.0. The van der Waals surface area contributed by atoms with Crippen LogP contribution in [0.15, 0.2) is 77.9 Å². The Balaban J connectivity index is 1.32. The summed E-state index contributed by atoms with van der Waals surface area (Å²) in [4.78, 5) is 35.7. The standard InChI is InChI=1S/C28H21F2N5O4/c1-34-12-13-38-28-22(34)15-20(27(37)35(28)18-5-2-16(29)3-6-18)26(36)33-17-4-7-24(21(30)14-17)39-23-9-11-32-25-19(23)8-10-31-25/h2-11,14-15H,12-13H2,1H3,(H,31,32)(H,33,36). The zero-order chi connectivity index (χ0) is 27.1. The number of H-pyrrole nitrogens is 1. The highest BCUT2D eigenvalue weighted by Gasteiger charge is 2.26. The Kier molecular flexibility index (Phi) is 5.95. The molecule has 0 spiro atoms. The number of carbonyl (C=O) groups is 1. The SMILES string of the molecule is CN1CCOc2c1cc(C(=O)Nc1ccc(Oc3ccnc4[nH]ccc34)c(F)c1)c(=O)n2-c1ccc(F)cc1. The summed E-state index contributed by atoms with van der Waals surface area (Å²) in [6.07, 6.45) is 3.24. The summed E-state index contributed by atoms with van der Waals surface area (Å²) in [6.45, 7) is 0.868. The number of fused-ring (bicyclic) bond motifs is 2. The molecule has 4 heterocycles. The molecule has 0 aliphatic carbocycles. The average molecular weight is 530 g/mol. The average Bonchev–Trinajstić information content (AvgIpc) is 3.41. The topological polar surface area (TPSA) is 101 Å². The number of aromatic nitrogens is 3. The number of ether oxygens (including phenoxy) is 2. The van der Waals surface area contributed by atoms with Gasteiger partial charge in [0.2, 0.25) is 5.88 Å². The van der Waals surface area contributed by atoms with Crippen LogP contribution in [0.5, 0.6) is 17.4 Å². The molecule has 0 saturated carbocycles. The molecule has 5 aromatic rings. The predicted octanol–water partition coefficient (Wildman–Crippen LogP) is 4.87. The normalized spacial score (nSPS) is 12.6. The van der Waals surface area contributed by atoms with Crippen LogP contribution >= 0.6 is 0 Å². The highest BCUT2D eigenvalue weighted by atomic mass is 19.1. The third-order valence-electron chi connectivity index (χ3n) is 6.37. The van der Waals surface area contributed by atoms with E-state index in [1.54, 1.807) is 31.6 Å². The quantitative estimate of drug-likeness (QED) is 0.337. The van der Waals surface area contributed by atoms with Crippen LogP contribution in [0.4, 0.5) is 20.2 Å². The second kappa shape index (κ2) is 9.60. The lowest BCUT2D eigenvalue weighted by Gasteiger charge is -2.30. The molecular formula is C28H21F2N5O4. The van der Waals surface area contributed by atoms with Crippen LogP contribution in [-0.2, 0) is 0 Å². The molecule has 0 radical (unpaired) electrons. The molecule has 0 bridgehead atoms. The van der Waals surface area contributed by atoms with E-state index in [4.69, 9.17) is 9.47 Å². The summed E-state index contributed by atoms with van der Waals surface area (Å²) in [5.41, 5.74) is 0.719. The van der Waals surface area contributed by atoms with Crippen LogP contribution in [-0.4, -0.2) is 40.6 Å². The fourth-order valence-electron chi connectivity index (χ4n) is 4.39. The number of hydrogen-bond donors (Lipinski definition) is 2. The molecule has 9 nitrogen and oxygen atoms in total. The minimum absolute atomic E-state index is 0.0482. The van der Waals surface area contributed by atoms with Crippen molar-refractivity contribution < 1.29 is 23.0 Å². The first-order chi connectivity index (χ1) is 18.9. The van der Waals surface area contributed by atoms with E-state index < -0.39 is 23.1 Å². The number of benzene rings is 2. The molecule has 11 heteroatoms. The Morgan fingerprint density at radius 2 is 1.90 bits per heavy atom. The van der Waals surface area contributed by atoms with Gasteiger partial charge in [0.1, 0.15) is 29.4 Å². The van der Waals surface area contributed by atoms with E-state index in [2.05, 4.69) is 15.3 Å². The Morgan fingerprint density at radius 3 is 2.69 bits per heavy atom. The second-order valence-corrected chi connectivity index (χ2v) is 8.89. The van der Waals surface area contributed by atoms with E-state index in [-0.39, 0.29) is 22.9 Å². The van der Waals surface area contributed by atoms with Crippen LogP contribution in [0, 0.1) is 11.6 Å². The fraction of sp³-hybridized carbons (Fsp3) is 0.107. The van der Waals surface area contributed by atoms with E-state index >= 15 is 0 Å². The van der Waals surface area contributed by atoms with Crippen molar-refractivity contribution in [2.45, 2.75) is 0 Å². The molecule has 0 atom stereocenters. The van der Waals surface area contributed by atoms with Crippen LogP contribution in [0.25, 0.3) is 16.7 Å². The zero-order valence-corrected chi connectivity index (χ0v) is 20.6. The maximum Gasteiger partial charge on any atom is 0.270 e. The number of nitrogens with one attached hydrogen (secondary N) is 2. The van der Waals surface area contributed by atoms with Crippen LogP contribution in [0.2, 0.25) is 0 Å². The van der Waals surface area contributed by atoms with Gasteiger partial charge in [-0.25, -0.2) is 18.3 Å². The Bertz CT molecular complexity index is 1780. The molecule has 1 amide bonds. The van der Waals surface area contributed by atoms with Crippen molar-refractivity contribution in [2.75, 3.05) is 30.4 Å². The Morgan fingerprint density at radius 1 is 1.08 bits per heavy atom. The largest absolute Gasteiger partial charge is 0.475 e. The summed E-state index contributed by atoms with van der Waals surface area (Å²) in [7, 11) is 1.81. The number of amides is 1. The van der Waals surface area contributed by atoms with Gasteiger partial charge in [-0.1, -0.05) is 0 Å². The first-order valence-corrected chi connectivity index (χ1v) is 12.0. The highest BCUT2D eigenvalue weighted by Crippen LogP contribution is 2.33. The first-order valence-electron chi connectivity index (χ1n) is 12.0. The van der Waals surface area contributed by atoms with Crippen molar-refractivity contribution in [2.24, 2.45) is 0 Å². The molecule has 0 fully saturated rings. The lowest BCUT2D eigenvalue weighted by atomic mass is 10.1. The number of likely N-dealkylation sites (N-methyl/N-ethyl adjacent to an activating group) is 1. The van der Waals surface area contributed by atoms with Crippen LogP contribution < -0.4 is 25.2 Å². The second-order valence-electron chi connectivity index (χ2n) is 8.89. The summed E-state index contributed by atoms with van der Waals surface area (Å²) >= 11 is 0. The minimum Gasteiger partial charge on any atom is -0.475 e. The lowest BCUT2D eigenvalue weighted by molar-refractivity contribution is 0.102. The lowest BCUT2D eigenvalue weighted by Crippen LogP contribution is -2.36. The summed E-state index contributed by atoms with van der Waals surface area (Å²) in [5.74, 6) is -1.31. The monoisotopic (exact) mass is 529 g/mol. The Labute approximate surface area is 220 Å². The van der Waals surface area contributed by atoms with E-state index in [0.29, 0.717) is 41.3 Å². The smallest absolute Gasteiger partial charge is 0.270 e. The fourth-order valence-corrected chi connectivity index (χ4v) is 4.39. The molecule has 0 unspecified atom stereocenters. The molecule has 39 heavy (non-hydrogen) atoms. The van der Waals surface area contributed by atoms with Crippen LogP contribution in [0.3, 0.4) is 0 Å². The van der Waals surface area contributed by atoms with E-state index in [1.807, 2.05) is 4.90 Å². The van der Waals surface area contributed by atoms with Gasteiger partial charge < -0.3 is 24.7 Å². The number of aromatic amines is 1. The minimum atomic E-state index is -0.742. The number of pyridine rings is 2. The van der Waals surface area contributed by atoms with Gasteiger partial charge in [-0.05, 0) is 54.6 Å². The number of carbonyl (C=O) groups excluding carboxylic acids is 1. The summed E-state index contributed by atoms with van der Waals surface area (Å²) < 4.78 is 41.3.